The van der Waals surface area contributed by atoms with Crippen molar-refractivity contribution in [1.82, 2.24) is 0 Å². The lowest BCUT2D eigenvalue weighted by Crippen LogP contribution is -2.45. The fraction of sp³-hybridized carbons (Fsp3) is 0.526. The van der Waals surface area contributed by atoms with E-state index in [4.69, 9.17) is 4.74 Å². The molecule has 21 heavy (non-hydrogen) atoms. The van der Waals surface area contributed by atoms with Gasteiger partial charge in [-0.3, -0.25) is 0 Å². The molecule has 0 spiro atoms. The van der Waals surface area contributed by atoms with Gasteiger partial charge in [0.15, 0.2) is 0 Å². The first-order chi connectivity index (χ1) is 10.3. The maximum absolute atomic E-state index is 11.7. The molecule has 5 unspecified atom stereocenters. The summed E-state index contributed by atoms with van der Waals surface area (Å²) in [5.41, 5.74) is 2.84. The first kappa shape index (κ1) is 13.1. The Kier molecular flexibility index (Phi) is 3.13. The van der Waals surface area contributed by atoms with Crippen molar-refractivity contribution in [2.45, 2.75) is 31.6 Å². The van der Waals surface area contributed by atoms with Crippen molar-refractivity contribution in [3.63, 3.8) is 0 Å². The number of rotatable bonds is 2. The van der Waals surface area contributed by atoms with Crippen LogP contribution in [-0.4, -0.2) is 13.1 Å². The standard InChI is InChI=1S/C19H22O2/c1-21-18(20)11-16-14-7-12-8-15(10-14)19(17(16)9-12)13-5-3-2-4-6-13/h2-6,11-12,14-15,17,19H,7-10H2,1H3. The smallest absolute Gasteiger partial charge is 0.330 e. The Morgan fingerprint density at radius 2 is 1.95 bits per heavy atom. The molecule has 2 heteroatoms. The number of hydrogen-bond acceptors (Lipinski definition) is 2. The highest BCUT2D eigenvalue weighted by Gasteiger charge is 2.51. The van der Waals surface area contributed by atoms with Gasteiger partial charge in [-0.1, -0.05) is 35.9 Å². The number of benzene rings is 1. The van der Waals surface area contributed by atoms with Gasteiger partial charge in [0.25, 0.3) is 0 Å². The van der Waals surface area contributed by atoms with Crippen molar-refractivity contribution in [3.8, 4) is 0 Å². The fourth-order valence-electron chi connectivity index (χ4n) is 5.32. The topological polar surface area (TPSA) is 26.3 Å². The van der Waals surface area contributed by atoms with Crippen molar-refractivity contribution < 1.29 is 9.53 Å². The molecular weight excluding hydrogens is 260 g/mol. The van der Waals surface area contributed by atoms with Crippen molar-refractivity contribution >= 4 is 5.97 Å². The van der Waals surface area contributed by atoms with Gasteiger partial charge in [0.05, 0.1) is 7.11 Å². The highest BCUT2D eigenvalue weighted by atomic mass is 16.5. The average molecular weight is 282 g/mol. The van der Waals surface area contributed by atoms with E-state index in [0.29, 0.717) is 17.8 Å². The molecule has 5 atom stereocenters. The molecule has 4 aliphatic rings. The molecule has 0 heterocycles. The SMILES string of the molecule is COC(=O)C=C1C2CC3CC(C2)C(c2ccccc2)C1C3. The molecule has 110 valence electrons. The average Bonchev–Trinajstić information content (AvgIpc) is 2.51. The minimum absolute atomic E-state index is 0.177. The molecule has 4 bridgehead atoms. The Morgan fingerprint density at radius 3 is 2.71 bits per heavy atom. The third-order valence-electron chi connectivity index (χ3n) is 5.94. The fourth-order valence-corrected chi connectivity index (χ4v) is 5.32. The highest BCUT2D eigenvalue weighted by molar-refractivity contribution is 5.83. The highest BCUT2D eigenvalue weighted by Crippen LogP contribution is 2.61. The summed E-state index contributed by atoms with van der Waals surface area (Å²) in [5.74, 6) is 3.31. The Bertz CT molecular complexity index is 574. The molecule has 4 saturated carbocycles. The van der Waals surface area contributed by atoms with E-state index in [1.54, 1.807) is 0 Å². The zero-order valence-electron chi connectivity index (χ0n) is 12.5. The lowest BCUT2D eigenvalue weighted by atomic mass is 9.49. The van der Waals surface area contributed by atoms with Crippen LogP contribution in [0, 0.1) is 23.7 Å². The lowest BCUT2D eigenvalue weighted by Gasteiger charge is -2.56. The van der Waals surface area contributed by atoms with Gasteiger partial charge in [0.2, 0.25) is 0 Å². The van der Waals surface area contributed by atoms with Crippen LogP contribution in [-0.2, 0) is 9.53 Å². The van der Waals surface area contributed by atoms with Gasteiger partial charge >= 0.3 is 5.97 Å². The van der Waals surface area contributed by atoms with Gasteiger partial charge in [-0.2, -0.15) is 0 Å². The number of hydrogen-bond donors (Lipinski definition) is 0. The molecule has 0 amide bonds. The second kappa shape index (κ2) is 5.01. The maximum Gasteiger partial charge on any atom is 0.330 e. The molecule has 0 saturated heterocycles. The zero-order valence-corrected chi connectivity index (χ0v) is 12.5. The summed E-state index contributed by atoms with van der Waals surface area (Å²) >= 11 is 0. The number of carbonyl (C=O) groups excluding carboxylic acids is 1. The predicted molar refractivity (Wildman–Crippen MR) is 81.7 cm³/mol. The van der Waals surface area contributed by atoms with E-state index < -0.39 is 0 Å². The van der Waals surface area contributed by atoms with Crippen LogP contribution in [0.1, 0.15) is 37.2 Å². The summed E-state index contributed by atoms with van der Waals surface area (Å²) in [4.78, 5) is 11.7. The van der Waals surface area contributed by atoms with E-state index in [9.17, 15) is 4.79 Å². The van der Waals surface area contributed by atoms with E-state index in [1.165, 1.54) is 43.9 Å². The lowest BCUT2D eigenvalue weighted by molar-refractivity contribution is -0.135. The number of methoxy groups -OCH3 is 1. The van der Waals surface area contributed by atoms with Crippen molar-refractivity contribution in [1.29, 1.82) is 0 Å². The molecule has 5 rings (SSSR count). The minimum Gasteiger partial charge on any atom is -0.466 e. The monoisotopic (exact) mass is 282 g/mol. The molecule has 1 aromatic carbocycles. The van der Waals surface area contributed by atoms with Crippen molar-refractivity contribution in [2.24, 2.45) is 23.7 Å². The Morgan fingerprint density at radius 1 is 1.14 bits per heavy atom. The largest absolute Gasteiger partial charge is 0.466 e. The first-order valence-electron chi connectivity index (χ1n) is 8.10. The quantitative estimate of drug-likeness (QED) is 0.607. The second-order valence-electron chi connectivity index (χ2n) is 6.98. The van der Waals surface area contributed by atoms with Gasteiger partial charge in [0, 0.05) is 6.08 Å². The van der Waals surface area contributed by atoms with Crippen LogP contribution in [0.5, 0.6) is 0 Å². The van der Waals surface area contributed by atoms with Gasteiger partial charge in [-0.25, -0.2) is 4.79 Å². The van der Waals surface area contributed by atoms with Crippen LogP contribution in [0.25, 0.3) is 0 Å². The van der Waals surface area contributed by atoms with Gasteiger partial charge in [-0.15, -0.1) is 0 Å². The number of carbonyl (C=O) groups is 1. The van der Waals surface area contributed by atoms with E-state index in [0.717, 1.165) is 11.8 Å². The number of allylic oxidation sites excluding steroid dienone is 1. The summed E-state index contributed by atoms with van der Waals surface area (Å²) in [5, 5.41) is 0. The number of esters is 1. The normalized spacial score (nSPS) is 38.7. The predicted octanol–water partition coefficient (Wildman–Crippen LogP) is 3.94. The molecule has 2 nitrogen and oxygen atoms in total. The molecule has 4 fully saturated rings. The van der Waals surface area contributed by atoms with E-state index in [-0.39, 0.29) is 5.97 Å². The third kappa shape index (κ3) is 2.12. The molecule has 0 aromatic heterocycles. The maximum atomic E-state index is 11.7. The summed E-state index contributed by atoms with van der Waals surface area (Å²) in [6, 6.07) is 10.9. The van der Waals surface area contributed by atoms with Crippen LogP contribution in [0.15, 0.2) is 42.0 Å². The van der Waals surface area contributed by atoms with Crippen molar-refractivity contribution in [3.05, 3.63) is 47.5 Å². The van der Waals surface area contributed by atoms with Gasteiger partial charge in [-0.05, 0) is 60.8 Å². The molecule has 4 aliphatic carbocycles. The summed E-state index contributed by atoms with van der Waals surface area (Å²) in [6.45, 7) is 0. The van der Waals surface area contributed by atoms with Crippen molar-refractivity contribution in [2.75, 3.05) is 7.11 Å². The molecule has 0 radical (unpaired) electrons. The molecule has 0 aliphatic heterocycles. The van der Waals surface area contributed by atoms with Crippen LogP contribution in [0.3, 0.4) is 0 Å². The van der Waals surface area contributed by atoms with Crippen LogP contribution < -0.4 is 0 Å². The summed E-state index contributed by atoms with van der Waals surface area (Å²) in [6.07, 6.45) is 7.00. The zero-order chi connectivity index (χ0) is 14.4. The first-order valence-corrected chi connectivity index (χ1v) is 8.10. The Balaban J connectivity index is 1.73. The second-order valence-corrected chi connectivity index (χ2v) is 6.98. The van der Waals surface area contributed by atoms with E-state index in [2.05, 4.69) is 30.3 Å². The molecule has 1 aromatic rings. The van der Waals surface area contributed by atoms with Gasteiger partial charge < -0.3 is 4.74 Å². The van der Waals surface area contributed by atoms with E-state index >= 15 is 0 Å². The van der Waals surface area contributed by atoms with Gasteiger partial charge in [0.1, 0.15) is 0 Å². The number of ether oxygens (including phenoxy) is 1. The Hall–Kier alpha value is -1.57. The molecular formula is C19H22O2. The van der Waals surface area contributed by atoms with Crippen LogP contribution in [0.4, 0.5) is 0 Å². The van der Waals surface area contributed by atoms with E-state index in [1.807, 2.05) is 6.08 Å². The summed E-state index contributed by atoms with van der Waals surface area (Å²) in [7, 11) is 1.48. The third-order valence-corrected chi connectivity index (χ3v) is 5.94. The summed E-state index contributed by atoms with van der Waals surface area (Å²) < 4.78 is 4.88. The minimum atomic E-state index is -0.177. The molecule has 0 N–H and O–H groups in total. The Labute approximate surface area is 126 Å². The van der Waals surface area contributed by atoms with Crippen LogP contribution in [0.2, 0.25) is 0 Å². The van der Waals surface area contributed by atoms with Crippen LogP contribution >= 0.6 is 0 Å².